The molecule has 1 aliphatic heterocycles. The number of benzene rings is 2. The van der Waals surface area contributed by atoms with E-state index >= 15 is 0 Å². The summed E-state index contributed by atoms with van der Waals surface area (Å²) in [6.45, 7) is 4.52. The van der Waals surface area contributed by atoms with Gasteiger partial charge in [-0.2, -0.15) is 0 Å². The molecule has 0 unspecified atom stereocenters. The van der Waals surface area contributed by atoms with E-state index in [2.05, 4.69) is 17.4 Å². The quantitative estimate of drug-likeness (QED) is 0.748. The van der Waals surface area contributed by atoms with Crippen molar-refractivity contribution in [3.63, 3.8) is 0 Å². The normalized spacial score (nSPS) is 17.2. The van der Waals surface area contributed by atoms with Crippen molar-refractivity contribution in [3.05, 3.63) is 53.1 Å². The lowest BCUT2D eigenvalue weighted by atomic mass is 9.92. The van der Waals surface area contributed by atoms with Gasteiger partial charge in [0.05, 0.1) is 5.69 Å². The molecule has 1 saturated carbocycles. The van der Waals surface area contributed by atoms with Crippen LogP contribution in [0.1, 0.15) is 37.8 Å². The first kappa shape index (κ1) is 15.9. The monoisotopic (exact) mass is 334 g/mol. The summed E-state index contributed by atoms with van der Waals surface area (Å²) >= 11 is 0. The van der Waals surface area contributed by atoms with Crippen molar-refractivity contribution in [1.29, 1.82) is 0 Å². The molecule has 0 atom stereocenters. The van der Waals surface area contributed by atoms with Crippen molar-refractivity contribution in [3.8, 4) is 16.9 Å². The fraction of sp³-hybridized carbons (Fsp3) is 0.286. The van der Waals surface area contributed by atoms with E-state index in [0.29, 0.717) is 17.8 Å². The third kappa shape index (κ3) is 2.45. The van der Waals surface area contributed by atoms with Crippen molar-refractivity contribution < 1.29 is 9.90 Å². The number of rotatable bonds is 3. The molecule has 1 fully saturated rings. The van der Waals surface area contributed by atoms with Gasteiger partial charge >= 0.3 is 0 Å². The summed E-state index contributed by atoms with van der Waals surface area (Å²) in [6, 6.07) is 11.8. The summed E-state index contributed by atoms with van der Waals surface area (Å²) in [5.74, 6) is 0.0577. The summed E-state index contributed by atoms with van der Waals surface area (Å²) in [6.07, 6.45) is 2.29. The molecule has 2 aliphatic rings. The molecule has 0 radical (unpaired) electrons. The maximum absolute atomic E-state index is 12.2. The Kier molecular flexibility index (Phi) is 3.48. The second-order valence-corrected chi connectivity index (χ2v) is 7.31. The largest absolute Gasteiger partial charge is 0.507 e. The number of hydrogen-bond donors (Lipinski definition) is 3. The molecule has 2 aromatic carbocycles. The van der Waals surface area contributed by atoms with Crippen LogP contribution in [-0.2, 0) is 10.2 Å². The Labute approximate surface area is 147 Å². The lowest BCUT2D eigenvalue weighted by molar-refractivity contribution is -0.110. The van der Waals surface area contributed by atoms with E-state index in [1.165, 1.54) is 5.56 Å². The fourth-order valence-corrected chi connectivity index (χ4v) is 3.70. The van der Waals surface area contributed by atoms with Crippen molar-refractivity contribution in [2.75, 3.05) is 11.9 Å². The predicted octanol–water partition coefficient (Wildman–Crippen LogP) is 3.80. The predicted molar refractivity (Wildman–Crippen MR) is 100 cm³/mol. The van der Waals surface area contributed by atoms with E-state index in [1.807, 2.05) is 32.0 Å². The molecule has 4 heteroatoms. The molecule has 1 aliphatic carbocycles. The van der Waals surface area contributed by atoms with Gasteiger partial charge in [-0.25, -0.2) is 0 Å². The molecule has 128 valence electrons. The van der Waals surface area contributed by atoms with Crippen molar-refractivity contribution >= 4 is 17.2 Å². The summed E-state index contributed by atoms with van der Waals surface area (Å²) in [7, 11) is 0. The zero-order chi connectivity index (χ0) is 17.8. The van der Waals surface area contributed by atoms with Crippen LogP contribution in [0.15, 0.2) is 42.0 Å². The van der Waals surface area contributed by atoms with Gasteiger partial charge in [0.2, 0.25) is 0 Å². The number of carbonyl (C=O) groups is 1. The lowest BCUT2D eigenvalue weighted by Gasteiger charge is -2.14. The smallest absolute Gasteiger partial charge is 0.256 e. The minimum Gasteiger partial charge on any atom is -0.507 e. The standard InChI is InChI=1S/C21H22N2O2/c1-12(2)19-16-9-15(18(24)10-17(16)23-20(19)25)13-3-5-14(6-4-13)21(11-22)7-8-21/h3-6,9-10,24H,7-8,11,22H2,1-2H3,(H,23,25). The van der Waals surface area contributed by atoms with Gasteiger partial charge in [-0.15, -0.1) is 0 Å². The number of aromatic hydroxyl groups is 1. The first-order valence-electron chi connectivity index (χ1n) is 8.62. The van der Waals surface area contributed by atoms with Gasteiger partial charge in [0, 0.05) is 34.7 Å². The van der Waals surface area contributed by atoms with Crippen LogP contribution in [0.3, 0.4) is 0 Å². The summed E-state index contributed by atoms with van der Waals surface area (Å²) in [4.78, 5) is 12.2. The van der Waals surface area contributed by atoms with Crippen molar-refractivity contribution in [2.24, 2.45) is 5.73 Å². The molecule has 25 heavy (non-hydrogen) atoms. The van der Waals surface area contributed by atoms with Crippen LogP contribution in [0.4, 0.5) is 5.69 Å². The van der Waals surface area contributed by atoms with Crippen molar-refractivity contribution in [2.45, 2.75) is 32.1 Å². The third-order valence-electron chi connectivity index (χ3n) is 5.43. The Morgan fingerprint density at radius 1 is 1.16 bits per heavy atom. The van der Waals surface area contributed by atoms with E-state index in [0.717, 1.165) is 35.1 Å². The highest BCUT2D eigenvalue weighted by atomic mass is 16.3. The molecular weight excluding hydrogens is 312 g/mol. The topological polar surface area (TPSA) is 75.3 Å². The zero-order valence-electron chi connectivity index (χ0n) is 14.5. The Morgan fingerprint density at radius 2 is 1.84 bits per heavy atom. The van der Waals surface area contributed by atoms with Gasteiger partial charge in [-0.05, 0) is 43.9 Å². The SMILES string of the molecule is CC(C)=C1C(=O)Nc2cc(O)c(-c3ccc(C4(CN)CC4)cc3)cc21. The Hall–Kier alpha value is -2.59. The fourth-order valence-electron chi connectivity index (χ4n) is 3.70. The first-order chi connectivity index (χ1) is 11.9. The van der Waals surface area contributed by atoms with Crippen LogP contribution in [0.25, 0.3) is 16.7 Å². The van der Waals surface area contributed by atoms with Gasteiger partial charge in [0.15, 0.2) is 0 Å². The number of allylic oxidation sites excluding steroid dienone is 1. The second-order valence-electron chi connectivity index (χ2n) is 7.31. The van der Waals surface area contributed by atoms with Gasteiger partial charge in [-0.1, -0.05) is 29.8 Å². The number of amides is 1. The summed E-state index contributed by atoms with van der Waals surface area (Å²) in [5.41, 5.74) is 12.2. The second kappa shape index (κ2) is 5.46. The number of carbonyl (C=O) groups excluding carboxylic acids is 1. The summed E-state index contributed by atoms with van der Waals surface area (Å²) < 4.78 is 0. The van der Waals surface area contributed by atoms with E-state index in [1.54, 1.807) is 6.07 Å². The first-order valence-corrected chi connectivity index (χ1v) is 8.62. The molecule has 0 saturated heterocycles. The van der Waals surface area contributed by atoms with E-state index in [-0.39, 0.29) is 17.1 Å². The number of anilines is 1. The molecule has 4 N–H and O–H groups in total. The molecule has 2 aromatic rings. The van der Waals surface area contributed by atoms with Gasteiger partial charge < -0.3 is 16.2 Å². The number of fused-ring (bicyclic) bond motifs is 1. The summed E-state index contributed by atoms with van der Waals surface area (Å²) in [5, 5.41) is 13.3. The Bertz CT molecular complexity index is 902. The lowest BCUT2D eigenvalue weighted by Crippen LogP contribution is -2.19. The zero-order valence-corrected chi connectivity index (χ0v) is 14.5. The van der Waals surface area contributed by atoms with E-state index in [9.17, 15) is 9.90 Å². The highest BCUT2D eigenvalue weighted by Crippen LogP contribution is 2.48. The van der Waals surface area contributed by atoms with Crippen molar-refractivity contribution in [1.82, 2.24) is 0 Å². The number of phenolic OH excluding ortho intramolecular Hbond substituents is 1. The molecule has 0 bridgehead atoms. The molecular formula is C21H22N2O2. The number of hydrogen-bond acceptors (Lipinski definition) is 3. The maximum atomic E-state index is 12.2. The minimum absolute atomic E-state index is 0.111. The molecule has 0 spiro atoms. The average molecular weight is 334 g/mol. The highest BCUT2D eigenvalue weighted by Gasteiger charge is 2.42. The van der Waals surface area contributed by atoms with Gasteiger partial charge in [0.1, 0.15) is 5.75 Å². The number of phenols is 1. The molecule has 4 nitrogen and oxygen atoms in total. The van der Waals surface area contributed by atoms with Crippen LogP contribution in [0, 0.1) is 0 Å². The van der Waals surface area contributed by atoms with E-state index < -0.39 is 0 Å². The third-order valence-corrected chi connectivity index (χ3v) is 5.43. The van der Waals surface area contributed by atoms with Crippen LogP contribution in [0.2, 0.25) is 0 Å². The average Bonchev–Trinajstić information content (AvgIpc) is 3.31. The van der Waals surface area contributed by atoms with Crippen LogP contribution in [-0.4, -0.2) is 17.6 Å². The Morgan fingerprint density at radius 3 is 2.40 bits per heavy atom. The molecule has 4 rings (SSSR count). The molecule has 0 aromatic heterocycles. The number of nitrogens with two attached hydrogens (primary N) is 1. The van der Waals surface area contributed by atoms with Gasteiger partial charge in [-0.3, -0.25) is 4.79 Å². The minimum atomic E-state index is -0.111. The van der Waals surface area contributed by atoms with Crippen LogP contribution < -0.4 is 11.1 Å². The van der Waals surface area contributed by atoms with E-state index in [4.69, 9.17) is 5.73 Å². The molecule has 1 heterocycles. The molecule has 1 amide bonds. The maximum Gasteiger partial charge on any atom is 0.256 e. The Balaban J connectivity index is 1.77. The highest BCUT2D eigenvalue weighted by molar-refractivity contribution is 6.32. The van der Waals surface area contributed by atoms with Crippen LogP contribution in [0.5, 0.6) is 5.75 Å². The number of nitrogens with one attached hydrogen (secondary N) is 1. The van der Waals surface area contributed by atoms with Crippen LogP contribution >= 0.6 is 0 Å². The van der Waals surface area contributed by atoms with Gasteiger partial charge in [0.25, 0.3) is 5.91 Å².